The molecule has 0 aromatic heterocycles. The molecule has 2 aliphatic rings. The fraction of sp³-hybridized carbons (Fsp3) is 0.440. The van der Waals surface area contributed by atoms with Crippen molar-refractivity contribution in [3.05, 3.63) is 59.7 Å². The van der Waals surface area contributed by atoms with Gasteiger partial charge in [0.1, 0.15) is 11.8 Å². The van der Waals surface area contributed by atoms with E-state index in [1.165, 1.54) is 0 Å². The summed E-state index contributed by atoms with van der Waals surface area (Å²) in [7, 11) is 2.07. The zero-order valence-electron chi connectivity index (χ0n) is 18.4. The molecule has 4 rings (SSSR count). The van der Waals surface area contributed by atoms with E-state index in [-0.39, 0.29) is 18.4 Å². The monoisotopic (exact) mass is 421 g/mol. The van der Waals surface area contributed by atoms with Crippen molar-refractivity contribution in [1.82, 2.24) is 9.80 Å². The van der Waals surface area contributed by atoms with Gasteiger partial charge in [0.2, 0.25) is 5.91 Å². The predicted octanol–water partition coefficient (Wildman–Crippen LogP) is 2.75. The fourth-order valence-corrected chi connectivity index (χ4v) is 4.47. The standard InChI is InChI=1S/C25H31N3O3/c1-3-19-8-5-7-11-23(19)31-18-24(29)28-21-10-6-4-9-20(21)12-13-22(28)25(30)27-16-14-26(2)15-17-27/h4-11,22H,3,12-18H2,1-2H3/t22-/m0/s1. The molecule has 1 atom stereocenters. The number of carbonyl (C=O) groups excluding carboxylic acids is 2. The molecule has 0 spiro atoms. The van der Waals surface area contributed by atoms with Crippen LogP contribution in [0.25, 0.3) is 0 Å². The molecule has 2 amide bonds. The predicted molar refractivity (Wildman–Crippen MR) is 121 cm³/mol. The first-order chi connectivity index (χ1) is 15.1. The normalized spacial score (nSPS) is 19.1. The molecule has 0 saturated carbocycles. The van der Waals surface area contributed by atoms with Crippen LogP contribution in [0.2, 0.25) is 0 Å². The molecule has 1 fully saturated rings. The summed E-state index contributed by atoms with van der Waals surface area (Å²) >= 11 is 0. The molecule has 6 heteroatoms. The lowest BCUT2D eigenvalue weighted by molar-refractivity contribution is -0.136. The summed E-state index contributed by atoms with van der Waals surface area (Å²) < 4.78 is 5.92. The third-order valence-corrected chi connectivity index (χ3v) is 6.32. The van der Waals surface area contributed by atoms with E-state index < -0.39 is 6.04 Å². The Morgan fingerprint density at radius 3 is 2.48 bits per heavy atom. The number of hydrogen-bond acceptors (Lipinski definition) is 4. The number of anilines is 1. The quantitative estimate of drug-likeness (QED) is 0.745. The lowest BCUT2D eigenvalue weighted by Crippen LogP contribution is -2.57. The van der Waals surface area contributed by atoms with E-state index in [0.717, 1.165) is 48.5 Å². The molecule has 0 aliphatic carbocycles. The van der Waals surface area contributed by atoms with Crippen LogP contribution in [0, 0.1) is 0 Å². The third kappa shape index (κ3) is 4.59. The van der Waals surface area contributed by atoms with Crippen molar-refractivity contribution in [1.29, 1.82) is 0 Å². The second kappa shape index (κ2) is 9.52. The molecule has 31 heavy (non-hydrogen) atoms. The van der Waals surface area contributed by atoms with Crippen molar-refractivity contribution < 1.29 is 14.3 Å². The number of amides is 2. The maximum absolute atomic E-state index is 13.4. The number of fused-ring (bicyclic) bond motifs is 1. The maximum Gasteiger partial charge on any atom is 0.265 e. The summed E-state index contributed by atoms with van der Waals surface area (Å²) in [6.45, 7) is 5.11. The van der Waals surface area contributed by atoms with Crippen LogP contribution < -0.4 is 9.64 Å². The zero-order valence-corrected chi connectivity index (χ0v) is 18.4. The van der Waals surface area contributed by atoms with E-state index in [9.17, 15) is 9.59 Å². The first kappa shape index (κ1) is 21.4. The summed E-state index contributed by atoms with van der Waals surface area (Å²) in [5, 5.41) is 0. The molecule has 0 unspecified atom stereocenters. The van der Waals surface area contributed by atoms with Crippen LogP contribution in [0.4, 0.5) is 5.69 Å². The molecule has 0 bridgehead atoms. The van der Waals surface area contributed by atoms with Gasteiger partial charge < -0.3 is 14.5 Å². The van der Waals surface area contributed by atoms with Crippen LogP contribution in [0.15, 0.2) is 48.5 Å². The van der Waals surface area contributed by atoms with Crippen LogP contribution in [0.3, 0.4) is 0 Å². The second-order valence-electron chi connectivity index (χ2n) is 8.33. The van der Waals surface area contributed by atoms with E-state index in [0.29, 0.717) is 19.5 Å². The Hall–Kier alpha value is -2.86. The Balaban J connectivity index is 1.56. The lowest BCUT2D eigenvalue weighted by atomic mass is 9.94. The van der Waals surface area contributed by atoms with Crippen LogP contribution in [-0.4, -0.2) is 67.5 Å². The first-order valence-corrected chi connectivity index (χ1v) is 11.2. The maximum atomic E-state index is 13.4. The summed E-state index contributed by atoms with van der Waals surface area (Å²) in [6.07, 6.45) is 2.27. The molecule has 0 radical (unpaired) electrons. The number of benzene rings is 2. The van der Waals surface area contributed by atoms with Gasteiger partial charge in [0.05, 0.1) is 0 Å². The van der Waals surface area contributed by atoms with Crippen molar-refractivity contribution in [3.8, 4) is 5.75 Å². The molecular weight excluding hydrogens is 390 g/mol. The molecule has 164 valence electrons. The van der Waals surface area contributed by atoms with Gasteiger partial charge in [0.25, 0.3) is 5.91 Å². The highest BCUT2D eigenvalue weighted by atomic mass is 16.5. The minimum Gasteiger partial charge on any atom is -0.483 e. The molecule has 1 saturated heterocycles. The van der Waals surface area contributed by atoms with Crippen LogP contribution in [-0.2, 0) is 22.4 Å². The van der Waals surface area contributed by atoms with Crippen molar-refractivity contribution in [2.45, 2.75) is 32.2 Å². The summed E-state index contributed by atoms with van der Waals surface area (Å²) in [5.41, 5.74) is 3.00. The fourth-order valence-electron chi connectivity index (χ4n) is 4.47. The summed E-state index contributed by atoms with van der Waals surface area (Å²) in [4.78, 5) is 32.7. The minimum absolute atomic E-state index is 0.0462. The SMILES string of the molecule is CCc1ccccc1OCC(=O)N1c2ccccc2CC[C@H]1C(=O)N1CCN(C)CC1. The van der Waals surface area contributed by atoms with Gasteiger partial charge >= 0.3 is 0 Å². The molecular formula is C25H31N3O3. The van der Waals surface area contributed by atoms with E-state index in [2.05, 4.69) is 18.9 Å². The number of aryl methyl sites for hydroxylation is 2. The second-order valence-corrected chi connectivity index (χ2v) is 8.33. The van der Waals surface area contributed by atoms with Crippen LogP contribution in [0.1, 0.15) is 24.5 Å². The number of piperazine rings is 1. The van der Waals surface area contributed by atoms with Gasteiger partial charge in [-0.3, -0.25) is 14.5 Å². The van der Waals surface area contributed by atoms with Gasteiger partial charge in [-0.15, -0.1) is 0 Å². The Morgan fingerprint density at radius 1 is 1.00 bits per heavy atom. The average Bonchev–Trinajstić information content (AvgIpc) is 2.82. The number of rotatable bonds is 5. The Bertz CT molecular complexity index is 937. The first-order valence-electron chi connectivity index (χ1n) is 11.2. The number of carbonyl (C=O) groups is 2. The van der Waals surface area contributed by atoms with Crippen molar-refractivity contribution in [2.75, 3.05) is 44.7 Å². The van der Waals surface area contributed by atoms with E-state index in [1.807, 2.05) is 53.4 Å². The number of ether oxygens (including phenoxy) is 1. The summed E-state index contributed by atoms with van der Waals surface area (Å²) in [5.74, 6) is 0.598. The molecule has 6 nitrogen and oxygen atoms in total. The van der Waals surface area contributed by atoms with Gasteiger partial charge in [-0.05, 0) is 49.6 Å². The Labute approximate surface area is 184 Å². The largest absolute Gasteiger partial charge is 0.483 e. The highest BCUT2D eigenvalue weighted by molar-refractivity contribution is 6.02. The van der Waals surface area contributed by atoms with E-state index >= 15 is 0 Å². The van der Waals surface area contributed by atoms with Gasteiger partial charge in [-0.1, -0.05) is 43.3 Å². The van der Waals surface area contributed by atoms with Gasteiger partial charge in [0.15, 0.2) is 6.61 Å². The number of hydrogen-bond donors (Lipinski definition) is 0. The number of nitrogens with zero attached hydrogens (tertiary/aromatic N) is 3. The lowest BCUT2D eigenvalue weighted by Gasteiger charge is -2.40. The van der Waals surface area contributed by atoms with Crippen molar-refractivity contribution in [3.63, 3.8) is 0 Å². The molecule has 2 heterocycles. The van der Waals surface area contributed by atoms with Crippen molar-refractivity contribution in [2.24, 2.45) is 0 Å². The van der Waals surface area contributed by atoms with Crippen molar-refractivity contribution >= 4 is 17.5 Å². The smallest absolute Gasteiger partial charge is 0.265 e. The molecule has 2 aliphatic heterocycles. The number of para-hydroxylation sites is 2. The van der Waals surface area contributed by atoms with Gasteiger partial charge in [-0.25, -0.2) is 0 Å². The van der Waals surface area contributed by atoms with Gasteiger partial charge in [0, 0.05) is 31.9 Å². The summed E-state index contributed by atoms with van der Waals surface area (Å²) in [6, 6.07) is 15.2. The Morgan fingerprint density at radius 2 is 1.71 bits per heavy atom. The topological polar surface area (TPSA) is 53.1 Å². The highest BCUT2D eigenvalue weighted by Gasteiger charge is 2.38. The number of likely N-dealkylation sites (N-methyl/N-ethyl adjacent to an activating group) is 1. The molecule has 2 aromatic rings. The average molecular weight is 422 g/mol. The van der Waals surface area contributed by atoms with Gasteiger partial charge in [-0.2, -0.15) is 0 Å². The molecule has 0 N–H and O–H groups in total. The van der Waals surface area contributed by atoms with E-state index in [4.69, 9.17) is 4.74 Å². The molecule has 2 aromatic carbocycles. The highest BCUT2D eigenvalue weighted by Crippen LogP contribution is 2.32. The van der Waals surface area contributed by atoms with Crippen LogP contribution >= 0.6 is 0 Å². The van der Waals surface area contributed by atoms with E-state index in [1.54, 1.807) is 4.90 Å². The minimum atomic E-state index is -0.476. The van der Waals surface area contributed by atoms with Crippen LogP contribution in [0.5, 0.6) is 5.75 Å². The third-order valence-electron chi connectivity index (χ3n) is 6.32. The zero-order chi connectivity index (χ0) is 21.8. The Kier molecular flexibility index (Phi) is 6.56.